The summed E-state index contributed by atoms with van der Waals surface area (Å²) in [6, 6.07) is 0. The molecule has 2 aliphatic carbocycles. The van der Waals surface area contributed by atoms with Crippen molar-refractivity contribution in [3.63, 3.8) is 0 Å². The third-order valence-corrected chi connectivity index (χ3v) is 2.70. The van der Waals surface area contributed by atoms with E-state index >= 15 is 0 Å². The highest BCUT2D eigenvalue weighted by Crippen LogP contribution is 2.33. The van der Waals surface area contributed by atoms with Crippen LogP contribution in [-0.4, -0.2) is 0 Å². The summed E-state index contributed by atoms with van der Waals surface area (Å²) in [7, 11) is 0. The first kappa shape index (κ1) is 6.21. The largest absolute Gasteiger partial charge is 0.0882 e. The van der Waals surface area contributed by atoms with Gasteiger partial charge in [-0.05, 0) is 37.5 Å². The Morgan fingerprint density at radius 3 is 2.40 bits per heavy atom. The zero-order valence-corrected chi connectivity index (χ0v) is 6.29. The molecule has 0 aliphatic heterocycles. The Kier molecular flexibility index (Phi) is 1.62. The van der Waals surface area contributed by atoms with E-state index in [-0.39, 0.29) is 0 Å². The third-order valence-electron chi connectivity index (χ3n) is 2.70. The van der Waals surface area contributed by atoms with E-state index in [2.05, 4.69) is 24.3 Å². The van der Waals surface area contributed by atoms with Crippen molar-refractivity contribution in [1.29, 1.82) is 0 Å². The van der Waals surface area contributed by atoms with Crippen molar-refractivity contribution in [2.24, 2.45) is 11.8 Å². The van der Waals surface area contributed by atoms with Crippen LogP contribution in [0.5, 0.6) is 0 Å². The lowest BCUT2D eigenvalue weighted by Crippen LogP contribution is -2.05. The highest BCUT2D eigenvalue weighted by Gasteiger charge is 2.21. The Morgan fingerprint density at radius 2 is 1.80 bits per heavy atom. The van der Waals surface area contributed by atoms with Crippen LogP contribution in [0.25, 0.3) is 0 Å². The minimum atomic E-state index is 0.912. The number of allylic oxidation sites excluding steroid dienone is 4. The molecule has 0 heteroatoms. The molecule has 0 spiro atoms. The van der Waals surface area contributed by atoms with E-state index in [1.54, 1.807) is 0 Å². The molecule has 1 atom stereocenters. The second-order valence-electron chi connectivity index (χ2n) is 3.37. The second-order valence-corrected chi connectivity index (χ2v) is 3.37. The molecular weight excluding hydrogens is 120 g/mol. The van der Waals surface area contributed by atoms with E-state index < -0.39 is 0 Å². The molecule has 0 N–H and O–H groups in total. The monoisotopic (exact) mass is 134 g/mol. The fraction of sp³-hybridized carbons (Fsp3) is 0.600. The number of hydrogen-bond donors (Lipinski definition) is 0. The Hall–Kier alpha value is -0.520. The van der Waals surface area contributed by atoms with Crippen molar-refractivity contribution in [2.75, 3.05) is 0 Å². The minimum Gasteiger partial charge on any atom is -0.0882 e. The van der Waals surface area contributed by atoms with Crippen LogP contribution >= 0.6 is 0 Å². The zero-order chi connectivity index (χ0) is 6.81. The topological polar surface area (TPSA) is 0 Å². The highest BCUT2D eigenvalue weighted by atomic mass is 14.3. The maximum atomic E-state index is 2.41. The number of rotatable bonds is 1. The lowest BCUT2D eigenvalue weighted by atomic mass is 9.90. The Balaban J connectivity index is 1.93. The summed E-state index contributed by atoms with van der Waals surface area (Å²) in [5.41, 5.74) is 0. The quantitative estimate of drug-likeness (QED) is 0.484. The molecule has 0 saturated carbocycles. The average molecular weight is 134 g/mol. The van der Waals surface area contributed by atoms with Crippen LogP contribution in [0.3, 0.4) is 0 Å². The molecule has 1 unspecified atom stereocenters. The fourth-order valence-corrected chi connectivity index (χ4v) is 2.04. The van der Waals surface area contributed by atoms with Crippen molar-refractivity contribution in [1.82, 2.24) is 0 Å². The molecule has 54 valence electrons. The first-order valence-corrected chi connectivity index (χ1v) is 4.28. The van der Waals surface area contributed by atoms with Crippen molar-refractivity contribution in [2.45, 2.75) is 25.7 Å². The van der Waals surface area contributed by atoms with Gasteiger partial charge in [0.25, 0.3) is 0 Å². The van der Waals surface area contributed by atoms with Gasteiger partial charge in [-0.25, -0.2) is 0 Å². The first-order valence-electron chi connectivity index (χ1n) is 4.28. The van der Waals surface area contributed by atoms with Gasteiger partial charge in [-0.2, -0.15) is 0 Å². The summed E-state index contributed by atoms with van der Waals surface area (Å²) in [6.45, 7) is 0. The summed E-state index contributed by atoms with van der Waals surface area (Å²) in [4.78, 5) is 0. The van der Waals surface area contributed by atoms with E-state index in [0.717, 1.165) is 11.8 Å². The smallest absolute Gasteiger partial charge is 0.0196 e. The zero-order valence-electron chi connectivity index (χ0n) is 6.29. The van der Waals surface area contributed by atoms with Crippen molar-refractivity contribution in [3.8, 4) is 0 Å². The second kappa shape index (κ2) is 2.61. The van der Waals surface area contributed by atoms with Gasteiger partial charge in [-0.3, -0.25) is 0 Å². The van der Waals surface area contributed by atoms with Crippen molar-refractivity contribution in [3.05, 3.63) is 24.3 Å². The standard InChI is InChI=1S/C10H14/c1-2-6-9(5-1)10-7-3-4-8-10/h1-3,7,9-10H,4-6,8H2. The summed E-state index contributed by atoms with van der Waals surface area (Å²) in [5.74, 6) is 1.87. The highest BCUT2D eigenvalue weighted by molar-refractivity contribution is 5.05. The maximum absolute atomic E-state index is 2.41. The fourth-order valence-electron chi connectivity index (χ4n) is 2.04. The predicted octanol–water partition coefficient (Wildman–Crippen LogP) is 2.92. The maximum Gasteiger partial charge on any atom is -0.0196 e. The van der Waals surface area contributed by atoms with Gasteiger partial charge in [0.15, 0.2) is 0 Å². The normalized spacial score (nSPS) is 32.2. The van der Waals surface area contributed by atoms with Gasteiger partial charge in [-0.1, -0.05) is 24.3 Å². The van der Waals surface area contributed by atoms with E-state index in [9.17, 15) is 0 Å². The van der Waals surface area contributed by atoms with Gasteiger partial charge in [0.2, 0.25) is 0 Å². The molecule has 0 fully saturated rings. The molecule has 0 saturated heterocycles. The van der Waals surface area contributed by atoms with Crippen LogP contribution in [0.15, 0.2) is 24.3 Å². The van der Waals surface area contributed by atoms with Crippen LogP contribution in [-0.2, 0) is 0 Å². The Labute approximate surface area is 62.6 Å². The van der Waals surface area contributed by atoms with Crippen LogP contribution in [0.2, 0.25) is 0 Å². The van der Waals surface area contributed by atoms with Gasteiger partial charge in [0.05, 0.1) is 0 Å². The molecule has 2 rings (SSSR count). The van der Waals surface area contributed by atoms with Crippen molar-refractivity contribution < 1.29 is 0 Å². The molecule has 0 aromatic rings. The molecular formula is C10H14. The summed E-state index contributed by atoms with van der Waals surface area (Å²) in [5, 5.41) is 0. The van der Waals surface area contributed by atoms with E-state index in [1.807, 2.05) is 0 Å². The summed E-state index contributed by atoms with van der Waals surface area (Å²) in [6.07, 6.45) is 14.8. The molecule has 0 bridgehead atoms. The van der Waals surface area contributed by atoms with Gasteiger partial charge in [0.1, 0.15) is 0 Å². The molecule has 10 heavy (non-hydrogen) atoms. The van der Waals surface area contributed by atoms with Crippen LogP contribution < -0.4 is 0 Å². The lowest BCUT2D eigenvalue weighted by Gasteiger charge is -2.14. The third kappa shape index (κ3) is 1.03. The Morgan fingerprint density at radius 1 is 1.00 bits per heavy atom. The number of hydrogen-bond acceptors (Lipinski definition) is 0. The van der Waals surface area contributed by atoms with Gasteiger partial charge < -0.3 is 0 Å². The first-order chi connectivity index (χ1) is 4.97. The van der Waals surface area contributed by atoms with Crippen LogP contribution in [0, 0.1) is 11.8 Å². The molecule has 0 radical (unpaired) electrons. The van der Waals surface area contributed by atoms with E-state index in [1.165, 1.54) is 25.7 Å². The van der Waals surface area contributed by atoms with Crippen LogP contribution in [0.1, 0.15) is 25.7 Å². The van der Waals surface area contributed by atoms with Crippen LogP contribution in [0.4, 0.5) is 0 Å². The molecule has 0 heterocycles. The molecule has 0 amide bonds. The Bertz CT molecular complexity index is 157. The van der Waals surface area contributed by atoms with Gasteiger partial charge in [0, 0.05) is 0 Å². The van der Waals surface area contributed by atoms with E-state index in [4.69, 9.17) is 0 Å². The average Bonchev–Trinajstić information content (AvgIpc) is 2.59. The van der Waals surface area contributed by atoms with Crippen molar-refractivity contribution >= 4 is 0 Å². The molecule has 0 aromatic carbocycles. The van der Waals surface area contributed by atoms with Gasteiger partial charge in [-0.15, -0.1) is 0 Å². The molecule has 0 aromatic heterocycles. The lowest BCUT2D eigenvalue weighted by molar-refractivity contribution is 0.412. The summed E-state index contributed by atoms with van der Waals surface area (Å²) >= 11 is 0. The van der Waals surface area contributed by atoms with Gasteiger partial charge >= 0.3 is 0 Å². The molecule has 0 nitrogen and oxygen atoms in total. The molecule has 2 aliphatic rings. The SMILES string of the molecule is C1=CC(C2CC=CC2)CC1. The minimum absolute atomic E-state index is 0.912. The van der Waals surface area contributed by atoms with E-state index in [0.29, 0.717) is 0 Å². The predicted molar refractivity (Wildman–Crippen MR) is 43.7 cm³/mol. The summed E-state index contributed by atoms with van der Waals surface area (Å²) < 4.78 is 0.